The Hall–Kier alpha value is -1.34. The molecule has 0 aliphatic rings. The monoisotopic (exact) mass is 252 g/mol. The molecule has 0 saturated heterocycles. The summed E-state index contributed by atoms with van der Waals surface area (Å²) in [5.74, 6) is -1.57. The van der Waals surface area contributed by atoms with Gasteiger partial charge in [0.1, 0.15) is 0 Å². The van der Waals surface area contributed by atoms with Crippen molar-refractivity contribution in [3.63, 3.8) is 0 Å². The fourth-order valence-corrected chi connectivity index (χ4v) is 1.51. The summed E-state index contributed by atoms with van der Waals surface area (Å²) in [7, 11) is -4.32. The van der Waals surface area contributed by atoms with Crippen LogP contribution in [0, 0.1) is 0 Å². The van der Waals surface area contributed by atoms with Crippen molar-refractivity contribution in [1.29, 1.82) is 0 Å². The molecule has 88 valence electrons. The normalized spacial score (nSPS) is 11.2. The molecule has 1 aromatic carbocycles. The number of halogens is 3. The summed E-state index contributed by atoms with van der Waals surface area (Å²) >= 11 is 0. The van der Waals surface area contributed by atoms with Crippen LogP contribution in [0.4, 0.5) is 13.2 Å². The third kappa shape index (κ3) is 3.35. The van der Waals surface area contributed by atoms with Crippen LogP contribution in [0.1, 0.15) is 5.56 Å². The molecular formula is C9H7F3O3S. The van der Waals surface area contributed by atoms with Crippen LogP contribution in [-0.4, -0.2) is 13.0 Å². The summed E-state index contributed by atoms with van der Waals surface area (Å²) in [6.07, 6.45) is -3.02. The molecular weight excluding hydrogens is 245 g/mol. The summed E-state index contributed by atoms with van der Waals surface area (Å²) in [5.41, 5.74) is 0.178. The van der Waals surface area contributed by atoms with E-state index in [4.69, 9.17) is 4.55 Å². The summed E-state index contributed by atoms with van der Waals surface area (Å²) in [5, 5.41) is 0. The first-order valence-electron chi connectivity index (χ1n) is 4.07. The van der Waals surface area contributed by atoms with E-state index < -0.39 is 28.4 Å². The first-order valence-corrected chi connectivity index (χ1v) is 5.51. The van der Waals surface area contributed by atoms with Crippen molar-refractivity contribution in [2.75, 3.05) is 0 Å². The molecule has 0 spiro atoms. The Morgan fingerprint density at radius 2 is 1.62 bits per heavy atom. The Morgan fingerprint density at radius 1 is 1.12 bits per heavy atom. The highest BCUT2D eigenvalue weighted by atomic mass is 32.2. The van der Waals surface area contributed by atoms with Crippen molar-refractivity contribution in [1.82, 2.24) is 0 Å². The highest BCUT2D eigenvalue weighted by Crippen LogP contribution is 2.17. The Labute approximate surface area is 90.0 Å². The quantitative estimate of drug-likeness (QED) is 0.841. The molecule has 3 nitrogen and oxygen atoms in total. The van der Waals surface area contributed by atoms with E-state index in [-0.39, 0.29) is 10.5 Å². The topological polar surface area (TPSA) is 54.4 Å². The van der Waals surface area contributed by atoms with Gasteiger partial charge in [-0.05, 0) is 17.7 Å². The van der Waals surface area contributed by atoms with E-state index in [1.54, 1.807) is 0 Å². The molecule has 0 fully saturated rings. The highest BCUT2D eigenvalue weighted by Gasteiger charge is 2.10. The Balaban J connectivity index is 2.93. The number of benzene rings is 1. The molecule has 1 rings (SSSR count). The van der Waals surface area contributed by atoms with Crippen LogP contribution >= 0.6 is 0 Å². The molecule has 0 atom stereocenters. The Morgan fingerprint density at radius 3 is 2.00 bits per heavy atom. The molecule has 0 heterocycles. The van der Waals surface area contributed by atoms with Crippen LogP contribution in [0.15, 0.2) is 41.1 Å². The van der Waals surface area contributed by atoms with E-state index >= 15 is 0 Å². The average molecular weight is 252 g/mol. The fraction of sp³-hybridized carbons (Fsp3) is 0.111. The molecule has 0 amide bonds. The van der Waals surface area contributed by atoms with Crippen molar-refractivity contribution in [3.8, 4) is 0 Å². The first kappa shape index (κ1) is 12.7. The van der Waals surface area contributed by atoms with Gasteiger partial charge in [0, 0.05) is 6.42 Å². The second-order valence-corrected chi connectivity index (χ2v) is 4.38. The lowest BCUT2D eigenvalue weighted by molar-refractivity contribution is 0.374. The van der Waals surface area contributed by atoms with Crippen molar-refractivity contribution in [2.24, 2.45) is 0 Å². The van der Waals surface area contributed by atoms with Crippen LogP contribution in [0.5, 0.6) is 0 Å². The summed E-state index contributed by atoms with van der Waals surface area (Å²) in [6, 6.07) is 4.30. The highest BCUT2D eigenvalue weighted by molar-refractivity contribution is 7.85. The number of allylic oxidation sites excluding steroid dienone is 1. The van der Waals surface area contributed by atoms with E-state index in [1.165, 1.54) is 0 Å². The van der Waals surface area contributed by atoms with Crippen LogP contribution in [0.25, 0.3) is 0 Å². The van der Waals surface area contributed by atoms with E-state index in [1.807, 2.05) is 0 Å². The number of hydrogen-bond donors (Lipinski definition) is 1. The molecule has 0 aliphatic carbocycles. The van der Waals surface area contributed by atoms with Crippen LogP contribution in [-0.2, 0) is 16.5 Å². The third-order valence-corrected chi connectivity index (χ3v) is 2.65. The van der Waals surface area contributed by atoms with E-state index in [0.29, 0.717) is 0 Å². The standard InChI is InChI=1S/C9H7F3O3S/c10-8(9(11)12)5-6-1-3-7(4-2-6)16(13,14)15/h1-4H,5H2,(H,13,14,15). The fourth-order valence-electron chi connectivity index (χ4n) is 1.03. The molecule has 0 aromatic heterocycles. The lowest BCUT2D eigenvalue weighted by atomic mass is 10.1. The zero-order valence-corrected chi connectivity index (χ0v) is 8.64. The van der Waals surface area contributed by atoms with E-state index in [2.05, 4.69) is 0 Å². The molecule has 0 unspecified atom stereocenters. The smallest absolute Gasteiger partial charge is 0.282 e. The summed E-state index contributed by atoms with van der Waals surface area (Å²) < 4.78 is 65.9. The van der Waals surface area contributed by atoms with Crippen LogP contribution in [0.2, 0.25) is 0 Å². The van der Waals surface area contributed by atoms with Gasteiger partial charge < -0.3 is 0 Å². The third-order valence-electron chi connectivity index (χ3n) is 1.79. The summed E-state index contributed by atoms with van der Waals surface area (Å²) in [4.78, 5) is -0.374. The maximum Gasteiger partial charge on any atom is 0.301 e. The van der Waals surface area contributed by atoms with E-state index in [9.17, 15) is 21.6 Å². The van der Waals surface area contributed by atoms with Crippen LogP contribution in [0.3, 0.4) is 0 Å². The largest absolute Gasteiger partial charge is 0.301 e. The van der Waals surface area contributed by atoms with Gasteiger partial charge in [-0.1, -0.05) is 12.1 Å². The second-order valence-electron chi connectivity index (χ2n) is 2.96. The van der Waals surface area contributed by atoms with Gasteiger partial charge in [0.05, 0.1) is 4.90 Å². The Bertz CT molecular complexity index is 501. The van der Waals surface area contributed by atoms with Crippen molar-refractivity contribution in [2.45, 2.75) is 11.3 Å². The van der Waals surface area contributed by atoms with Crippen LogP contribution < -0.4 is 0 Å². The second kappa shape index (κ2) is 4.67. The molecule has 0 bridgehead atoms. The zero-order chi connectivity index (χ0) is 12.3. The molecule has 0 aliphatic heterocycles. The molecule has 16 heavy (non-hydrogen) atoms. The molecule has 0 saturated carbocycles. The molecule has 1 aromatic rings. The zero-order valence-electron chi connectivity index (χ0n) is 7.82. The minimum Gasteiger partial charge on any atom is -0.282 e. The maximum atomic E-state index is 12.5. The first-order chi connectivity index (χ1) is 7.30. The molecule has 0 radical (unpaired) electrons. The van der Waals surface area contributed by atoms with Gasteiger partial charge in [0.25, 0.3) is 10.1 Å². The predicted octanol–water partition coefficient (Wildman–Crippen LogP) is 2.55. The predicted molar refractivity (Wildman–Crippen MR) is 50.3 cm³/mol. The Kier molecular flexibility index (Phi) is 3.71. The molecule has 1 N–H and O–H groups in total. The minimum atomic E-state index is -4.32. The van der Waals surface area contributed by atoms with Gasteiger partial charge in [0.2, 0.25) is 0 Å². The van der Waals surface area contributed by atoms with E-state index in [0.717, 1.165) is 24.3 Å². The lowest BCUT2D eigenvalue weighted by Gasteiger charge is -2.00. The summed E-state index contributed by atoms with van der Waals surface area (Å²) in [6.45, 7) is 0. The number of rotatable bonds is 3. The average Bonchev–Trinajstić information content (AvgIpc) is 2.17. The van der Waals surface area contributed by atoms with Crippen molar-refractivity contribution >= 4 is 10.1 Å². The van der Waals surface area contributed by atoms with Gasteiger partial charge >= 0.3 is 6.08 Å². The van der Waals surface area contributed by atoms with Gasteiger partial charge in [-0.3, -0.25) is 4.55 Å². The van der Waals surface area contributed by atoms with Gasteiger partial charge in [0.15, 0.2) is 5.83 Å². The number of hydrogen-bond acceptors (Lipinski definition) is 2. The SMILES string of the molecule is O=S(=O)(O)c1ccc(CC(F)=C(F)F)cc1. The van der Waals surface area contributed by atoms with Gasteiger partial charge in [-0.2, -0.15) is 17.2 Å². The van der Waals surface area contributed by atoms with Gasteiger partial charge in [-0.15, -0.1) is 0 Å². The maximum absolute atomic E-state index is 12.5. The lowest BCUT2D eigenvalue weighted by Crippen LogP contribution is -1.98. The minimum absolute atomic E-state index is 0.178. The van der Waals surface area contributed by atoms with Crippen molar-refractivity contribution in [3.05, 3.63) is 41.7 Å². The van der Waals surface area contributed by atoms with Crippen molar-refractivity contribution < 1.29 is 26.1 Å². The molecule has 7 heteroatoms. The van der Waals surface area contributed by atoms with Gasteiger partial charge in [-0.25, -0.2) is 4.39 Å².